The lowest BCUT2D eigenvalue weighted by Crippen LogP contribution is -2.11. The molecule has 0 saturated carbocycles. The van der Waals surface area contributed by atoms with E-state index in [0.29, 0.717) is 24.1 Å². The van der Waals surface area contributed by atoms with Gasteiger partial charge >= 0.3 is 0 Å². The van der Waals surface area contributed by atoms with Crippen LogP contribution in [0.3, 0.4) is 0 Å². The summed E-state index contributed by atoms with van der Waals surface area (Å²) in [7, 11) is 1.67. The lowest BCUT2D eigenvalue weighted by Gasteiger charge is -2.14. The third-order valence-corrected chi connectivity index (χ3v) is 3.40. The van der Waals surface area contributed by atoms with Crippen molar-refractivity contribution in [3.05, 3.63) is 41.5 Å². The SMILES string of the molecule is COC(c1noc(CCNc2ccccc2C)n1)C(C)C. The van der Waals surface area contributed by atoms with Crippen molar-refractivity contribution in [2.75, 3.05) is 19.0 Å². The number of benzene rings is 1. The maximum Gasteiger partial charge on any atom is 0.228 e. The number of rotatable bonds is 7. The van der Waals surface area contributed by atoms with Crippen LogP contribution >= 0.6 is 0 Å². The predicted molar refractivity (Wildman–Crippen MR) is 82.3 cm³/mol. The molecule has 1 unspecified atom stereocenters. The van der Waals surface area contributed by atoms with E-state index in [9.17, 15) is 0 Å². The lowest BCUT2D eigenvalue weighted by atomic mass is 10.1. The van der Waals surface area contributed by atoms with Crippen molar-refractivity contribution in [3.63, 3.8) is 0 Å². The van der Waals surface area contributed by atoms with E-state index in [-0.39, 0.29) is 6.10 Å². The molecule has 1 aromatic heterocycles. The Hall–Kier alpha value is -1.88. The smallest absolute Gasteiger partial charge is 0.228 e. The fourth-order valence-corrected chi connectivity index (χ4v) is 2.24. The molecule has 1 N–H and O–H groups in total. The topological polar surface area (TPSA) is 60.2 Å². The molecule has 1 aromatic carbocycles. The van der Waals surface area contributed by atoms with Gasteiger partial charge in [-0.2, -0.15) is 4.98 Å². The predicted octanol–water partition coefficient (Wildman–Crippen LogP) is 3.38. The minimum absolute atomic E-state index is 0.119. The Bertz CT molecular complexity index is 566. The van der Waals surface area contributed by atoms with Crippen LogP contribution in [0, 0.1) is 12.8 Å². The van der Waals surface area contributed by atoms with Crippen molar-refractivity contribution in [3.8, 4) is 0 Å². The molecule has 0 fully saturated rings. The first kappa shape index (κ1) is 15.5. The first-order chi connectivity index (χ1) is 10.1. The van der Waals surface area contributed by atoms with Crippen LogP contribution in [0.1, 0.15) is 37.2 Å². The molecule has 2 aromatic rings. The van der Waals surface area contributed by atoms with Crippen molar-refractivity contribution in [2.45, 2.75) is 33.3 Å². The fraction of sp³-hybridized carbons (Fsp3) is 0.500. The van der Waals surface area contributed by atoms with Gasteiger partial charge in [-0.25, -0.2) is 0 Å². The van der Waals surface area contributed by atoms with E-state index >= 15 is 0 Å². The van der Waals surface area contributed by atoms with E-state index < -0.39 is 0 Å². The quantitative estimate of drug-likeness (QED) is 0.846. The van der Waals surface area contributed by atoms with Crippen molar-refractivity contribution in [1.82, 2.24) is 10.1 Å². The highest BCUT2D eigenvalue weighted by Crippen LogP contribution is 2.22. The molecule has 0 aliphatic carbocycles. The van der Waals surface area contributed by atoms with Crippen LogP contribution < -0.4 is 5.32 Å². The van der Waals surface area contributed by atoms with Crippen LogP contribution in [0.25, 0.3) is 0 Å². The van der Waals surface area contributed by atoms with Crippen molar-refractivity contribution >= 4 is 5.69 Å². The largest absolute Gasteiger partial charge is 0.384 e. The van der Waals surface area contributed by atoms with Crippen LogP contribution in [0.4, 0.5) is 5.69 Å². The molecule has 1 atom stereocenters. The molecule has 1 heterocycles. The molecule has 114 valence electrons. The number of ether oxygens (including phenoxy) is 1. The second-order valence-corrected chi connectivity index (χ2v) is 5.44. The summed E-state index contributed by atoms with van der Waals surface area (Å²) >= 11 is 0. The Morgan fingerprint density at radius 2 is 2.05 bits per heavy atom. The van der Waals surface area contributed by atoms with Gasteiger partial charge in [0.05, 0.1) is 0 Å². The number of aryl methyl sites for hydroxylation is 1. The molecule has 0 aliphatic rings. The third-order valence-electron chi connectivity index (χ3n) is 3.40. The summed E-state index contributed by atoms with van der Waals surface area (Å²) in [5.74, 6) is 1.57. The van der Waals surface area contributed by atoms with Gasteiger partial charge in [0.15, 0.2) is 0 Å². The van der Waals surface area contributed by atoms with Gasteiger partial charge in [-0.05, 0) is 24.5 Å². The summed E-state index contributed by atoms with van der Waals surface area (Å²) in [5, 5.41) is 7.39. The molecule has 2 rings (SSSR count). The first-order valence-corrected chi connectivity index (χ1v) is 7.26. The number of hydrogen-bond donors (Lipinski definition) is 1. The maximum absolute atomic E-state index is 5.40. The summed E-state index contributed by atoms with van der Waals surface area (Å²) < 4.78 is 10.7. The second-order valence-electron chi connectivity index (χ2n) is 5.44. The average Bonchev–Trinajstić information content (AvgIpc) is 2.90. The van der Waals surface area contributed by atoms with Gasteiger partial charge in [-0.3, -0.25) is 0 Å². The Labute approximate surface area is 125 Å². The highest BCUT2D eigenvalue weighted by Gasteiger charge is 2.21. The van der Waals surface area contributed by atoms with Gasteiger partial charge in [0.25, 0.3) is 0 Å². The van der Waals surface area contributed by atoms with Gasteiger partial charge < -0.3 is 14.6 Å². The fourth-order valence-electron chi connectivity index (χ4n) is 2.24. The number of aromatic nitrogens is 2. The van der Waals surface area contributed by atoms with Gasteiger partial charge in [0.1, 0.15) is 6.10 Å². The summed E-state index contributed by atoms with van der Waals surface area (Å²) in [5.41, 5.74) is 2.36. The monoisotopic (exact) mass is 289 g/mol. The van der Waals surface area contributed by atoms with E-state index in [0.717, 1.165) is 12.2 Å². The molecule has 0 radical (unpaired) electrons. The standard InChI is InChI=1S/C16H23N3O2/c1-11(2)15(20-4)16-18-14(21-19-16)9-10-17-13-8-6-5-7-12(13)3/h5-8,11,15,17H,9-10H2,1-4H3. The molecule has 21 heavy (non-hydrogen) atoms. The highest BCUT2D eigenvalue weighted by atomic mass is 16.5. The number of methoxy groups -OCH3 is 1. The third kappa shape index (κ3) is 4.04. The van der Waals surface area contributed by atoms with Crippen molar-refractivity contribution in [2.24, 2.45) is 5.92 Å². The van der Waals surface area contributed by atoms with E-state index in [4.69, 9.17) is 9.26 Å². The van der Waals surface area contributed by atoms with Crippen LogP contribution in [0.5, 0.6) is 0 Å². The molecule has 0 spiro atoms. The normalized spacial score (nSPS) is 12.6. The zero-order valence-electron chi connectivity index (χ0n) is 13.1. The van der Waals surface area contributed by atoms with E-state index in [1.54, 1.807) is 7.11 Å². The number of para-hydroxylation sites is 1. The summed E-state index contributed by atoms with van der Waals surface area (Å²) in [6.45, 7) is 6.98. The Morgan fingerprint density at radius 3 is 2.71 bits per heavy atom. The van der Waals surface area contributed by atoms with E-state index in [2.05, 4.69) is 48.4 Å². The zero-order valence-corrected chi connectivity index (χ0v) is 13.1. The number of anilines is 1. The summed E-state index contributed by atoms with van der Waals surface area (Å²) in [4.78, 5) is 4.41. The molecule has 5 nitrogen and oxygen atoms in total. The van der Waals surface area contributed by atoms with Crippen LogP contribution in [-0.4, -0.2) is 23.8 Å². The minimum Gasteiger partial charge on any atom is -0.384 e. The Balaban J connectivity index is 1.90. The lowest BCUT2D eigenvalue weighted by molar-refractivity contribution is 0.0555. The van der Waals surface area contributed by atoms with Gasteiger partial charge in [0, 0.05) is 25.8 Å². The van der Waals surface area contributed by atoms with E-state index in [1.165, 1.54) is 5.56 Å². The molecule has 0 bridgehead atoms. The molecule has 5 heteroatoms. The second kappa shape index (κ2) is 7.22. The van der Waals surface area contributed by atoms with Crippen molar-refractivity contribution < 1.29 is 9.26 Å². The van der Waals surface area contributed by atoms with Crippen LogP contribution in [-0.2, 0) is 11.2 Å². The van der Waals surface area contributed by atoms with Gasteiger partial charge in [0.2, 0.25) is 11.7 Å². The first-order valence-electron chi connectivity index (χ1n) is 7.26. The van der Waals surface area contributed by atoms with Gasteiger partial charge in [-0.1, -0.05) is 37.2 Å². The summed E-state index contributed by atoms with van der Waals surface area (Å²) in [6, 6.07) is 8.20. The van der Waals surface area contributed by atoms with Gasteiger partial charge in [-0.15, -0.1) is 0 Å². The summed E-state index contributed by atoms with van der Waals surface area (Å²) in [6.07, 6.45) is 0.572. The molecule has 0 amide bonds. The van der Waals surface area contributed by atoms with Crippen LogP contribution in [0.2, 0.25) is 0 Å². The molecular weight excluding hydrogens is 266 g/mol. The highest BCUT2D eigenvalue weighted by molar-refractivity contribution is 5.50. The maximum atomic E-state index is 5.40. The Kier molecular flexibility index (Phi) is 5.33. The number of nitrogens with zero attached hydrogens (tertiary/aromatic N) is 2. The van der Waals surface area contributed by atoms with E-state index in [1.807, 2.05) is 12.1 Å². The number of hydrogen-bond acceptors (Lipinski definition) is 5. The zero-order chi connectivity index (χ0) is 15.2. The van der Waals surface area contributed by atoms with Crippen LogP contribution in [0.15, 0.2) is 28.8 Å². The molecule has 0 saturated heterocycles. The number of nitrogens with one attached hydrogen (secondary N) is 1. The van der Waals surface area contributed by atoms with Crippen molar-refractivity contribution in [1.29, 1.82) is 0 Å². The molecule has 0 aliphatic heterocycles. The minimum atomic E-state index is -0.119. The Morgan fingerprint density at radius 1 is 1.29 bits per heavy atom. The molecular formula is C16H23N3O2. The average molecular weight is 289 g/mol.